The Morgan fingerprint density at radius 3 is 2.51 bits per heavy atom. The van der Waals surface area contributed by atoms with Gasteiger partial charge in [0.05, 0.1) is 25.1 Å². The van der Waals surface area contributed by atoms with E-state index in [0.717, 1.165) is 32.1 Å². The van der Waals surface area contributed by atoms with Gasteiger partial charge in [-0.2, -0.15) is 0 Å². The predicted octanol–water partition coefficient (Wildman–Crippen LogP) is 3.57. The van der Waals surface area contributed by atoms with Gasteiger partial charge < -0.3 is 29.0 Å². The number of esters is 2. The highest BCUT2D eigenvalue weighted by Gasteiger charge is 2.41. The summed E-state index contributed by atoms with van der Waals surface area (Å²) in [6, 6.07) is 0. The standard InChI is InChI=1S/C25H41N6O7P/c1-16(2)36-23(32)18(4)38-39(34,30-25(5,6)24(33)37-19-10-8-7-9-11-19)15-35-17(3)12-31-14-29-20-21(26)27-13-28-22(20)31/h13-14,16-19H,7-12,15H2,1-6H3,(H,30,34)(H2,26,27,28)/t17-,18+,39+/m1/s1. The van der Waals surface area contributed by atoms with Gasteiger partial charge in [0.15, 0.2) is 17.6 Å². The first-order chi connectivity index (χ1) is 18.3. The van der Waals surface area contributed by atoms with Crippen LogP contribution >= 0.6 is 7.52 Å². The molecule has 14 heteroatoms. The fourth-order valence-corrected chi connectivity index (χ4v) is 6.42. The van der Waals surface area contributed by atoms with Gasteiger partial charge >= 0.3 is 11.9 Å². The molecule has 218 valence electrons. The van der Waals surface area contributed by atoms with Crippen molar-refractivity contribution in [3.05, 3.63) is 12.7 Å². The van der Waals surface area contributed by atoms with Crippen LogP contribution in [0.15, 0.2) is 12.7 Å². The van der Waals surface area contributed by atoms with Crippen LogP contribution in [0.3, 0.4) is 0 Å². The van der Waals surface area contributed by atoms with E-state index in [1.54, 1.807) is 45.5 Å². The molecule has 3 N–H and O–H groups in total. The number of rotatable bonds is 13. The Kier molecular flexibility index (Phi) is 10.4. The number of hydrogen-bond donors (Lipinski definition) is 2. The predicted molar refractivity (Wildman–Crippen MR) is 145 cm³/mol. The second-order valence-corrected chi connectivity index (χ2v) is 12.8. The maximum Gasteiger partial charge on any atom is 0.335 e. The number of nitrogen functional groups attached to an aromatic ring is 1. The molecular formula is C25H41N6O7P. The van der Waals surface area contributed by atoms with Crippen LogP contribution in [0.5, 0.6) is 0 Å². The summed E-state index contributed by atoms with van der Waals surface area (Å²) in [5.74, 6) is -0.963. The molecule has 0 aromatic carbocycles. The van der Waals surface area contributed by atoms with Crippen molar-refractivity contribution < 1.29 is 32.9 Å². The van der Waals surface area contributed by atoms with Crippen molar-refractivity contribution in [3.8, 4) is 0 Å². The molecule has 0 radical (unpaired) electrons. The number of nitrogens with one attached hydrogen (secondary N) is 1. The van der Waals surface area contributed by atoms with Crippen molar-refractivity contribution in [1.82, 2.24) is 24.6 Å². The van der Waals surface area contributed by atoms with E-state index in [1.165, 1.54) is 13.3 Å². The number of hydrogen-bond acceptors (Lipinski definition) is 11. The Bertz CT molecular complexity index is 1180. The van der Waals surface area contributed by atoms with Crippen LogP contribution < -0.4 is 10.8 Å². The molecule has 1 saturated carbocycles. The van der Waals surface area contributed by atoms with Gasteiger partial charge in [0, 0.05) is 0 Å². The Balaban J connectivity index is 1.72. The Morgan fingerprint density at radius 2 is 1.85 bits per heavy atom. The molecule has 3 atom stereocenters. The van der Waals surface area contributed by atoms with Gasteiger partial charge in [0.1, 0.15) is 29.8 Å². The van der Waals surface area contributed by atoms with E-state index in [0.29, 0.717) is 17.7 Å². The molecule has 1 fully saturated rings. The minimum absolute atomic E-state index is 0.174. The number of nitrogens with zero attached hydrogens (tertiary/aromatic N) is 4. The van der Waals surface area contributed by atoms with Crippen LogP contribution in [0.2, 0.25) is 0 Å². The number of carbonyl (C=O) groups is 2. The lowest BCUT2D eigenvalue weighted by Crippen LogP contribution is -2.48. The van der Waals surface area contributed by atoms with E-state index < -0.39 is 43.6 Å². The number of anilines is 1. The van der Waals surface area contributed by atoms with Gasteiger partial charge in [0.2, 0.25) is 0 Å². The summed E-state index contributed by atoms with van der Waals surface area (Å²) >= 11 is 0. The summed E-state index contributed by atoms with van der Waals surface area (Å²) in [7, 11) is -3.95. The zero-order valence-electron chi connectivity index (χ0n) is 23.6. The molecule has 0 spiro atoms. The number of aromatic nitrogens is 4. The third-order valence-electron chi connectivity index (χ3n) is 6.21. The van der Waals surface area contributed by atoms with Gasteiger partial charge in [-0.1, -0.05) is 6.42 Å². The average Bonchev–Trinajstić information content (AvgIpc) is 3.26. The molecule has 0 saturated heterocycles. The van der Waals surface area contributed by atoms with Crippen LogP contribution in [-0.2, 0) is 39.4 Å². The molecule has 1 aliphatic carbocycles. The highest BCUT2D eigenvalue weighted by atomic mass is 31.2. The van der Waals surface area contributed by atoms with Crippen LogP contribution in [0.25, 0.3) is 11.2 Å². The number of nitrogens with two attached hydrogens (primary N) is 1. The van der Waals surface area contributed by atoms with Crippen molar-refractivity contribution in [1.29, 1.82) is 0 Å². The molecule has 39 heavy (non-hydrogen) atoms. The van der Waals surface area contributed by atoms with E-state index in [9.17, 15) is 14.2 Å². The third kappa shape index (κ3) is 8.69. The lowest BCUT2D eigenvalue weighted by Gasteiger charge is -2.33. The Morgan fingerprint density at radius 1 is 1.15 bits per heavy atom. The molecule has 0 aliphatic heterocycles. The summed E-state index contributed by atoms with van der Waals surface area (Å²) in [4.78, 5) is 37.9. The SMILES string of the molecule is CC(C)OC(=O)[C@H](C)O[P@@](=O)(CO[C@H](C)Cn1cnc2c(N)ncnc21)NC(C)(C)C(=O)OC1CCCCC1. The second kappa shape index (κ2) is 13.2. The minimum atomic E-state index is -3.95. The van der Waals surface area contributed by atoms with Gasteiger partial charge in [0.25, 0.3) is 7.52 Å². The number of ether oxygens (including phenoxy) is 3. The van der Waals surface area contributed by atoms with Crippen molar-refractivity contribution in [2.75, 3.05) is 12.1 Å². The lowest BCUT2D eigenvalue weighted by atomic mass is 9.97. The number of carbonyl (C=O) groups excluding carboxylic acids is 2. The smallest absolute Gasteiger partial charge is 0.335 e. The van der Waals surface area contributed by atoms with E-state index in [-0.39, 0.29) is 18.0 Å². The molecule has 2 heterocycles. The second-order valence-electron chi connectivity index (χ2n) is 10.7. The minimum Gasteiger partial charge on any atom is -0.461 e. The Labute approximate surface area is 229 Å². The summed E-state index contributed by atoms with van der Waals surface area (Å²) in [6.07, 6.45) is 5.01. The first-order valence-corrected chi connectivity index (χ1v) is 15.1. The number of fused-ring (bicyclic) bond motifs is 1. The van der Waals surface area contributed by atoms with Gasteiger partial charge in [-0.05, 0) is 67.2 Å². The van der Waals surface area contributed by atoms with Crippen molar-refractivity contribution in [3.63, 3.8) is 0 Å². The normalized spacial score (nSPS) is 18.0. The fourth-order valence-electron chi connectivity index (χ4n) is 4.26. The first kappa shape index (κ1) is 30.9. The topological polar surface area (TPSA) is 170 Å². The summed E-state index contributed by atoms with van der Waals surface area (Å²) in [6.45, 7) is 10.1. The van der Waals surface area contributed by atoms with Crippen molar-refractivity contribution in [2.24, 2.45) is 0 Å². The lowest BCUT2D eigenvalue weighted by molar-refractivity contribution is -0.156. The zero-order valence-corrected chi connectivity index (χ0v) is 24.5. The molecule has 2 aromatic heterocycles. The van der Waals surface area contributed by atoms with E-state index in [2.05, 4.69) is 20.0 Å². The highest BCUT2D eigenvalue weighted by molar-refractivity contribution is 7.56. The molecule has 3 rings (SSSR count). The zero-order chi connectivity index (χ0) is 28.8. The van der Waals surface area contributed by atoms with Crippen LogP contribution in [-0.4, -0.2) is 67.8 Å². The van der Waals surface area contributed by atoms with Gasteiger partial charge in [-0.15, -0.1) is 0 Å². The largest absolute Gasteiger partial charge is 0.461 e. The third-order valence-corrected chi connectivity index (χ3v) is 8.26. The Hall–Kier alpha value is -2.60. The van der Waals surface area contributed by atoms with Gasteiger partial charge in [-0.25, -0.2) is 24.8 Å². The molecule has 1 aliphatic rings. The molecule has 13 nitrogen and oxygen atoms in total. The maximum absolute atomic E-state index is 14.1. The van der Waals surface area contributed by atoms with E-state index in [4.69, 9.17) is 24.5 Å². The van der Waals surface area contributed by atoms with Crippen LogP contribution in [0.1, 0.15) is 73.6 Å². The van der Waals surface area contributed by atoms with E-state index >= 15 is 0 Å². The van der Waals surface area contributed by atoms with Gasteiger partial charge in [-0.3, -0.25) is 9.36 Å². The molecule has 0 amide bonds. The highest BCUT2D eigenvalue weighted by Crippen LogP contribution is 2.46. The van der Waals surface area contributed by atoms with E-state index in [1.807, 2.05) is 0 Å². The molecule has 0 unspecified atom stereocenters. The summed E-state index contributed by atoms with van der Waals surface area (Å²) < 4.78 is 38.4. The van der Waals surface area contributed by atoms with Crippen molar-refractivity contribution in [2.45, 2.75) is 110 Å². The molecule has 2 aromatic rings. The molecular weight excluding hydrogens is 527 g/mol. The monoisotopic (exact) mass is 568 g/mol. The summed E-state index contributed by atoms with van der Waals surface area (Å²) in [5, 5.41) is 2.82. The quantitative estimate of drug-likeness (QED) is 0.266. The fraction of sp³-hybridized carbons (Fsp3) is 0.720. The number of imidazole rings is 1. The first-order valence-electron chi connectivity index (χ1n) is 13.3. The summed E-state index contributed by atoms with van der Waals surface area (Å²) in [5.41, 5.74) is 5.49. The molecule has 0 bridgehead atoms. The van der Waals surface area contributed by atoms with Crippen LogP contribution in [0.4, 0.5) is 5.82 Å². The van der Waals surface area contributed by atoms with Crippen molar-refractivity contribution >= 4 is 36.4 Å². The van der Waals surface area contributed by atoms with Crippen LogP contribution in [0, 0.1) is 0 Å². The maximum atomic E-state index is 14.1. The average molecular weight is 569 g/mol.